The minimum absolute atomic E-state index is 0.0170. The molecule has 92 valence electrons. The topological polar surface area (TPSA) is 52.6 Å². The summed E-state index contributed by atoms with van der Waals surface area (Å²) < 4.78 is 0. The maximum absolute atomic E-state index is 12.2. The molecule has 0 bridgehead atoms. The average Bonchev–Trinajstić information content (AvgIpc) is 2.60. The molecule has 0 aliphatic carbocycles. The predicted molar refractivity (Wildman–Crippen MR) is 66.5 cm³/mol. The van der Waals surface area contributed by atoms with Crippen molar-refractivity contribution < 1.29 is 9.90 Å². The smallest absolute Gasteiger partial charge is 0.257 e. The predicted octanol–water partition coefficient (Wildman–Crippen LogP) is 1.48. The Morgan fingerprint density at radius 2 is 2.18 bits per heavy atom. The van der Waals surface area contributed by atoms with Crippen LogP contribution >= 0.6 is 11.6 Å². The molecule has 1 aromatic rings. The summed E-state index contributed by atoms with van der Waals surface area (Å²) in [5.74, 6) is -0.176. The number of benzene rings is 1. The highest BCUT2D eigenvalue weighted by molar-refractivity contribution is 6.31. The van der Waals surface area contributed by atoms with E-state index in [2.05, 4.69) is 5.32 Å². The average molecular weight is 255 g/mol. The quantitative estimate of drug-likeness (QED) is 0.798. The molecule has 2 N–H and O–H groups in total. The van der Waals surface area contributed by atoms with Crippen LogP contribution in [0, 0.1) is 0 Å². The van der Waals surface area contributed by atoms with Crippen LogP contribution in [-0.4, -0.2) is 42.1 Å². The van der Waals surface area contributed by atoms with Gasteiger partial charge in [0.05, 0.1) is 5.56 Å². The summed E-state index contributed by atoms with van der Waals surface area (Å²) in [7, 11) is 0. The van der Waals surface area contributed by atoms with Crippen molar-refractivity contribution in [2.24, 2.45) is 0 Å². The molecule has 0 spiro atoms. The summed E-state index contributed by atoms with van der Waals surface area (Å²) in [5.41, 5.74) is 0.277. The Bertz CT molecular complexity index is 415. The molecular formula is C12H15ClN2O2. The first-order chi connectivity index (χ1) is 8.18. The van der Waals surface area contributed by atoms with Crippen molar-refractivity contribution in [2.45, 2.75) is 6.42 Å². The van der Waals surface area contributed by atoms with E-state index in [0.717, 1.165) is 19.5 Å². The lowest BCUT2D eigenvalue weighted by atomic mass is 10.1. The van der Waals surface area contributed by atoms with Crippen LogP contribution in [-0.2, 0) is 0 Å². The number of phenols is 1. The van der Waals surface area contributed by atoms with Gasteiger partial charge in [-0.3, -0.25) is 4.79 Å². The second-order valence-corrected chi connectivity index (χ2v) is 4.49. The van der Waals surface area contributed by atoms with Gasteiger partial charge in [-0.1, -0.05) is 11.6 Å². The van der Waals surface area contributed by atoms with E-state index in [-0.39, 0.29) is 17.2 Å². The van der Waals surface area contributed by atoms with E-state index < -0.39 is 0 Å². The Labute approximate surface area is 105 Å². The number of hydrogen-bond donors (Lipinski definition) is 2. The molecular weight excluding hydrogens is 240 g/mol. The van der Waals surface area contributed by atoms with Crippen LogP contribution in [0.15, 0.2) is 18.2 Å². The number of aromatic hydroxyl groups is 1. The number of nitrogens with one attached hydrogen (secondary N) is 1. The van der Waals surface area contributed by atoms with Crippen molar-refractivity contribution >= 4 is 17.5 Å². The summed E-state index contributed by atoms with van der Waals surface area (Å²) in [6, 6.07) is 4.53. The molecule has 1 fully saturated rings. The zero-order chi connectivity index (χ0) is 12.3. The van der Waals surface area contributed by atoms with Gasteiger partial charge in [0.15, 0.2) is 0 Å². The number of carbonyl (C=O) groups excluding carboxylic acids is 1. The van der Waals surface area contributed by atoms with Gasteiger partial charge in [-0.05, 0) is 31.2 Å². The van der Waals surface area contributed by atoms with Crippen LogP contribution < -0.4 is 5.32 Å². The van der Waals surface area contributed by atoms with Gasteiger partial charge in [0.25, 0.3) is 5.91 Å². The fourth-order valence-corrected chi connectivity index (χ4v) is 2.07. The third-order valence-corrected chi connectivity index (χ3v) is 3.05. The Hall–Kier alpha value is -1.26. The van der Waals surface area contributed by atoms with Crippen LogP contribution in [0.1, 0.15) is 16.8 Å². The van der Waals surface area contributed by atoms with Gasteiger partial charge < -0.3 is 15.3 Å². The summed E-state index contributed by atoms with van der Waals surface area (Å²) in [4.78, 5) is 13.9. The number of nitrogens with zero attached hydrogens (tertiary/aromatic N) is 1. The maximum Gasteiger partial charge on any atom is 0.257 e. The molecule has 1 aliphatic rings. The Kier molecular flexibility index (Phi) is 3.86. The molecule has 17 heavy (non-hydrogen) atoms. The van der Waals surface area contributed by atoms with Crippen LogP contribution in [0.2, 0.25) is 5.02 Å². The van der Waals surface area contributed by atoms with Crippen LogP contribution in [0.3, 0.4) is 0 Å². The summed E-state index contributed by atoms with van der Waals surface area (Å²) in [6.45, 7) is 3.07. The van der Waals surface area contributed by atoms with E-state index >= 15 is 0 Å². The molecule has 0 saturated carbocycles. The highest BCUT2D eigenvalue weighted by Crippen LogP contribution is 2.23. The third kappa shape index (κ3) is 2.90. The molecule has 2 rings (SSSR count). The number of rotatable bonds is 1. The van der Waals surface area contributed by atoms with E-state index in [1.54, 1.807) is 11.0 Å². The van der Waals surface area contributed by atoms with E-state index in [4.69, 9.17) is 11.6 Å². The monoisotopic (exact) mass is 254 g/mol. The molecule has 1 aromatic carbocycles. The first-order valence-electron chi connectivity index (χ1n) is 5.67. The van der Waals surface area contributed by atoms with E-state index in [1.165, 1.54) is 12.1 Å². The summed E-state index contributed by atoms with van der Waals surface area (Å²) in [5, 5.41) is 13.4. The highest BCUT2D eigenvalue weighted by atomic mass is 35.5. The highest BCUT2D eigenvalue weighted by Gasteiger charge is 2.20. The van der Waals surface area contributed by atoms with Gasteiger partial charge in [-0.2, -0.15) is 0 Å². The zero-order valence-electron chi connectivity index (χ0n) is 9.45. The lowest BCUT2D eigenvalue weighted by Gasteiger charge is -2.20. The fourth-order valence-electron chi connectivity index (χ4n) is 1.90. The van der Waals surface area contributed by atoms with Gasteiger partial charge in [0.1, 0.15) is 5.75 Å². The van der Waals surface area contributed by atoms with E-state index in [0.29, 0.717) is 18.1 Å². The van der Waals surface area contributed by atoms with E-state index in [1.807, 2.05) is 0 Å². The number of amides is 1. The Balaban J connectivity index is 2.20. The lowest BCUT2D eigenvalue weighted by molar-refractivity contribution is 0.0763. The van der Waals surface area contributed by atoms with Crippen molar-refractivity contribution in [1.29, 1.82) is 0 Å². The first-order valence-corrected chi connectivity index (χ1v) is 6.05. The normalized spacial score (nSPS) is 16.6. The van der Waals surface area contributed by atoms with Gasteiger partial charge in [-0.15, -0.1) is 0 Å². The molecule has 5 heteroatoms. The number of halogens is 1. The maximum atomic E-state index is 12.2. The largest absolute Gasteiger partial charge is 0.507 e. The molecule has 0 atom stereocenters. The Morgan fingerprint density at radius 3 is 3.00 bits per heavy atom. The lowest BCUT2D eigenvalue weighted by Crippen LogP contribution is -2.34. The minimum Gasteiger partial charge on any atom is -0.507 e. The minimum atomic E-state index is -0.159. The van der Waals surface area contributed by atoms with Crippen LogP contribution in [0.25, 0.3) is 0 Å². The SMILES string of the molecule is O=C(c1cc(Cl)ccc1O)N1CCCNCC1. The Morgan fingerprint density at radius 1 is 1.35 bits per heavy atom. The van der Waals surface area contributed by atoms with Crippen molar-refractivity contribution in [2.75, 3.05) is 26.2 Å². The van der Waals surface area contributed by atoms with Crippen molar-refractivity contribution in [1.82, 2.24) is 10.2 Å². The van der Waals surface area contributed by atoms with Crippen molar-refractivity contribution in [3.8, 4) is 5.75 Å². The first kappa shape index (κ1) is 12.2. The molecule has 0 radical (unpaired) electrons. The van der Waals surface area contributed by atoms with Gasteiger partial charge >= 0.3 is 0 Å². The molecule has 1 aliphatic heterocycles. The summed E-state index contributed by atoms with van der Waals surface area (Å²) >= 11 is 5.84. The molecule has 0 unspecified atom stereocenters. The third-order valence-electron chi connectivity index (χ3n) is 2.82. The fraction of sp³-hybridized carbons (Fsp3) is 0.417. The van der Waals surface area contributed by atoms with Gasteiger partial charge in [-0.25, -0.2) is 0 Å². The molecule has 1 heterocycles. The van der Waals surface area contributed by atoms with Crippen LogP contribution in [0.5, 0.6) is 5.75 Å². The zero-order valence-corrected chi connectivity index (χ0v) is 10.2. The molecule has 1 amide bonds. The van der Waals surface area contributed by atoms with Crippen molar-refractivity contribution in [3.63, 3.8) is 0 Å². The van der Waals surface area contributed by atoms with Crippen LogP contribution in [0.4, 0.5) is 0 Å². The molecule has 0 aromatic heterocycles. The second-order valence-electron chi connectivity index (χ2n) is 4.06. The molecule has 4 nitrogen and oxygen atoms in total. The summed E-state index contributed by atoms with van der Waals surface area (Å²) in [6.07, 6.45) is 0.924. The van der Waals surface area contributed by atoms with E-state index in [9.17, 15) is 9.90 Å². The number of hydrogen-bond acceptors (Lipinski definition) is 3. The second kappa shape index (κ2) is 5.38. The molecule has 1 saturated heterocycles. The van der Waals surface area contributed by atoms with Crippen molar-refractivity contribution in [3.05, 3.63) is 28.8 Å². The van der Waals surface area contributed by atoms with Gasteiger partial charge in [0.2, 0.25) is 0 Å². The number of carbonyl (C=O) groups is 1. The van der Waals surface area contributed by atoms with Gasteiger partial charge in [0, 0.05) is 24.7 Å². The number of phenolic OH excluding ortho intramolecular Hbond substituents is 1. The standard InChI is InChI=1S/C12H15ClN2O2/c13-9-2-3-11(16)10(8-9)12(17)15-6-1-4-14-5-7-15/h2-3,8,14,16H,1,4-7H2.